The highest BCUT2D eigenvalue weighted by molar-refractivity contribution is 7.99. The molecule has 2 heteroatoms. The monoisotopic (exact) mass is 243 g/mol. The number of rotatable bonds is 6. The van der Waals surface area contributed by atoms with Gasteiger partial charge in [0.15, 0.2) is 0 Å². The van der Waals surface area contributed by atoms with E-state index in [-0.39, 0.29) is 5.54 Å². The van der Waals surface area contributed by atoms with Gasteiger partial charge in [-0.3, -0.25) is 0 Å². The predicted octanol–water partition coefficient (Wildman–Crippen LogP) is 3.93. The molecular formula is C14H29NS. The Balaban J connectivity index is 1.99. The van der Waals surface area contributed by atoms with E-state index in [1.807, 2.05) is 0 Å². The molecule has 1 fully saturated rings. The summed E-state index contributed by atoms with van der Waals surface area (Å²) in [5.41, 5.74) is 0.268. The van der Waals surface area contributed by atoms with Crippen LogP contribution in [-0.4, -0.2) is 23.6 Å². The van der Waals surface area contributed by atoms with Crippen LogP contribution >= 0.6 is 11.8 Å². The van der Waals surface area contributed by atoms with Crippen LogP contribution in [0.3, 0.4) is 0 Å². The molecule has 1 saturated carbocycles. The van der Waals surface area contributed by atoms with Crippen molar-refractivity contribution in [2.45, 2.75) is 58.9 Å². The molecule has 1 aliphatic carbocycles. The molecule has 1 unspecified atom stereocenters. The molecule has 1 nitrogen and oxygen atoms in total. The fourth-order valence-corrected chi connectivity index (χ4v) is 3.48. The Morgan fingerprint density at radius 2 is 1.88 bits per heavy atom. The maximum Gasteiger partial charge on any atom is 0.00966 e. The molecule has 0 aromatic carbocycles. The van der Waals surface area contributed by atoms with E-state index in [9.17, 15) is 0 Å². The van der Waals surface area contributed by atoms with E-state index in [4.69, 9.17) is 0 Å². The first-order valence-corrected chi connectivity index (χ1v) is 7.95. The van der Waals surface area contributed by atoms with Gasteiger partial charge in [0, 0.05) is 5.54 Å². The summed E-state index contributed by atoms with van der Waals surface area (Å²) in [5.74, 6) is 4.55. The normalized spacial score (nSPS) is 20.2. The average molecular weight is 243 g/mol. The highest BCUT2D eigenvalue weighted by Gasteiger charge is 2.15. The molecule has 0 aromatic heterocycles. The summed E-state index contributed by atoms with van der Waals surface area (Å²) in [4.78, 5) is 0. The van der Waals surface area contributed by atoms with Gasteiger partial charge in [-0.2, -0.15) is 11.8 Å². The van der Waals surface area contributed by atoms with Crippen molar-refractivity contribution in [3.8, 4) is 0 Å². The van der Waals surface area contributed by atoms with Gasteiger partial charge in [0.25, 0.3) is 0 Å². The van der Waals surface area contributed by atoms with Gasteiger partial charge in [-0.15, -0.1) is 0 Å². The summed E-state index contributed by atoms with van der Waals surface area (Å²) < 4.78 is 0. The Morgan fingerprint density at radius 3 is 2.44 bits per heavy atom. The molecule has 0 aromatic rings. The van der Waals surface area contributed by atoms with Crippen molar-refractivity contribution < 1.29 is 0 Å². The van der Waals surface area contributed by atoms with Crippen molar-refractivity contribution in [2.24, 2.45) is 11.8 Å². The van der Waals surface area contributed by atoms with Crippen LogP contribution in [0.1, 0.15) is 53.4 Å². The molecule has 0 saturated heterocycles. The van der Waals surface area contributed by atoms with Crippen molar-refractivity contribution in [3.05, 3.63) is 0 Å². The predicted molar refractivity (Wildman–Crippen MR) is 76.2 cm³/mol. The minimum atomic E-state index is 0.268. The molecule has 0 amide bonds. The van der Waals surface area contributed by atoms with Crippen LogP contribution in [0.4, 0.5) is 0 Å². The topological polar surface area (TPSA) is 12.0 Å². The van der Waals surface area contributed by atoms with Crippen LogP contribution in [-0.2, 0) is 0 Å². The van der Waals surface area contributed by atoms with E-state index in [0.717, 1.165) is 18.4 Å². The van der Waals surface area contributed by atoms with Crippen LogP contribution in [0.2, 0.25) is 0 Å². The van der Waals surface area contributed by atoms with Crippen LogP contribution in [0.5, 0.6) is 0 Å². The van der Waals surface area contributed by atoms with Crippen LogP contribution in [0.25, 0.3) is 0 Å². The minimum absolute atomic E-state index is 0.268. The van der Waals surface area contributed by atoms with Gasteiger partial charge in [-0.05, 0) is 63.5 Å². The van der Waals surface area contributed by atoms with Crippen molar-refractivity contribution in [3.63, 3.8) is 0 Å². The van der Waals surface area contributed by atoms with E-state index >= 15 is 0 Å². The van der Waals surface area contributed by atoms with E-state index in [2.05, 4.69) is 44.8 Å². The Morgan fingerprint density at radius 1 is 1.25 bits per heavy atom. The van der Waals surface area contributed by atoms with E-state index in [1.54, 1.807) is 0 Å². The zero-order valence-corrected chi connectivity index (χ0v) is 12.3. The lowest BCUT2D eigenvalue weighted by molar-refractivity contribution is 0.395. The average Bonchev–Trinajstić information content (AvgIpc) is 2.66. The van der Waals surface area contributed by atoms with Gasteiger partial charge in [0.1, 0.15) is 0 Å². The van der Waals surface area contributed by atoms with Gasteiger partial charge in [-0.1, -0.05) is 19.8 Å². The third-order valence-electron chi connectivity index (χ3n) is 3.21. The first-order valence-electron chi connectivity index (χ1n) is 6.80. The molecule has 0 heterocycles. The lowest BCUT2D eigenvalue weighted by Crippen LogP contribution is -2.39. The first-order chi connectivity index (χ1) is 7.47. The van der Waals surface area contributed by atoms with Gasteiger partial charge >= 0.3 is 0 Å². The second-order valence-corrected chi connectivity index (χ2v) is 7.50. The molecule has 0 aliphatic heterocycles. The smallest absolute Gasteiger partial charge is 0.00966 e. The highest BCUT2D eigenvalue weighted by atomic mass is 32.2. The lowest BCUT2D eigenvalue weighted by Gasteiger charge is -2.23. The summed E-state index contributed by atoms with van der Waals surface area (Å²) in [6, 6.07) is 0. The zero-order chi connectivity index (χ0) is 12.0. The Kier molecular flexibility index (Phi) is 6.20. The second kappa shape index (κ2) is 6.90. The maximum atomic E-state index is 3.59. The highest BCUT2D eigenvalue weighted by Crippen LogP contribution is 2.28. The largest absolute Gasteiger partial charge is 0.312 e. The third-order valence-corrected chi connectivity index (χ3v) is 4.72. The molecule has 1 N–H and O–H groups in total. The molecular weight excluding hydrogens is 214 g/mol. The summed E-state index contributed by atoms with van der Waals surface area (Å²) in [7, 11) is 0. The molecule has 0 bridgehead atoms. The molecule has 1 atom stereocenters. The van der Waals surface area contributed by atoms with Gasteiger partial charge in [0.05, 0.1) is 0 Å². The first kappa shape index (κ1) is 14.4. The second-order valence-electron chi connectivity index (χ2n) is 6.42. The Labute approximate surface area is 106 Å². The Hall–Kier alpha value is 0.310. The number of hydrogen-bond acceptors (Lipinski definition) is 2. The lowest BCUT2D eigenvalue weighted by atomic mass is 10.1. The molecule has 0 spiro atoms. The van der Waals surface area contributed by atoms with E-state index in [0.29, 0.717) is 0 Å². The molecule has 1 rings (SSSR count). The van der Waals surface area contributed by atoms with Crippen molar-refractivity contribution >= 4 is 11.8 Å². The number of thioether (sulfide) groups is 1. The summed E-state index contributed by atoms with van der Waals surface area (Å²) in [6.07, 6.45) is 5.93. The minimum Gasteiger partial charge on any atom is -0.312 e. The van der Waals surface area contributed by atoms with E-state index < -0.39 is 0 Å². The quantitative estimate of drug-likeness (QED) is 0.758. The Bertz CT molecular complexity index is 180. The SMILES string of the molecule is CC(CNC(C)(C)C)CSCC1CCCC1. The molecule has 0 radical (unpaired) electrons. The van der Waals surface area contributed by atoms with Crippen molar-refractivity contribution in [2.75, 3.05) is 18.1 Å². The molecule has 96 valence electrons. The molecule has 1 aliphatic rings. The fourth-order valence-electron chi connectivity index (χ4n) is 2.15. The standard InChI is InChI=1S/C14H29NS/c1-12(9-15-14(2,3)4)10-16-11-13-7-5-6-8-13/h12-13,15H,5-11H2,1-4H3. The van der Waals surface area contributed by atoms with Gasteiger partial charge < -0.3 is 5.32 Å². The summed E-state index contributed by atoms with van der Waals surface area (Å²) in [6.45, 7) is 10.2. The zero-order valence-electron chi connectivity index (χ0n) is 11.5. The van der Waals surface area contributed by atoms with Crippen LogP contribution in [0.15, 0.2) is 0 Å². The summed E-state index contributed by atoms with van der Waals surface area (Å²) >= 11 is 2.17. The number of nitrogens with one attached hydrogen (secondary N) is 1. The van der Waals surface area contributed by atoms with Gasteiger partial charge in [0.2, 0.25) is 0 Å². The number of hydrogen-bond donors (Lipinski definition) is 1. The van der Waals surface area contributed by atoms with Crippen LogP contribution < -0.4 is 5.32 Å². The van der Waals surface area contributed by atoms with Crippen LogP contribution in [0, 0.1) is 11.8 Å². The third kappa shape index (κ3) is 6.80. The van der Waals surface area contributed by atoms with Crippen molar-refractivity contribution in [1.82, 2.24) is 5.32 Å². The van der Waals surface area contributed by atoms with E-state index in [1.165, 1.54) is 37.2 Å². The fraction of sp³-hybridized carbons (Fsp3) is 1.00. The summed E-state index contributed by atoms with van der Waals surface area (Å²) in [5, 5.41) is 3.59. The van der Waals surface area contributed by atoms with Gasteiger partial charge in [-0.25, -0.2) is 0 Å². The maximum absolute atomic E-state index is 3.59. The van der Waals surface area contributed by atoms with Crippen molar-refractivity contribution in [1.29, 1.82) is 0 Å². The molecule has 16 heavy (non-hydrogen) atoms.